The highest BCUT2D eigenvalue weighted by molar-refractivity contribution is 5.19. The molecule has 2 rings (SSSR count). The second kappa shape index (κ2) is 4.23. The van der Waals surface area contributed by atoms with Crippen LogP contribution in [0, 0.1) is 5.82 Å². The number of hydrogen-bond donors (Lipinski definition) is 1. The van der Waals surface area contributed by atoms with E-state index in [1.54, 1.807) is 41.5 Å². The average molecular weight is 206 g/mol. The van der Waals surface area contributed by atoms with Crippen molar-refractivity contribution >= 4 is 0 Å². The van der Waals surface area contributed by atoms with E-state index in [4.69, 9.17) is 0 Å². The number of rotatable bonds is 3. The Morgan fingerprint density at radius 2 is 2.20 bits per heavy atom. The molecule has 1 aromatic heterocycles. The maximum Gasteiger partial charge on any atom is 0.129 e. The van der Waals surface area contributed by atoms with Crippen molar-refractivity contribution in [2.75, 3.05) is 0 Å². The zero-order valence-corrected chi connectivity index (χ0v) is 8.05. The summed E-state index contributed by atoms with van der Waals surface area (Å²) in [5, 5.41) is 9.78. The summed E-state index contributed by atoms with van der Waals surface area (Å²) >= 11 is 0. The third-order valence-electron chi connectivity index (χ3n) is 2.21. The molecule has 0 spiro atoms. The van der Waals surface area contributed by atoms with Gasteiger partial charge in [-0.1, -0.05) is 18.2 Å². The summed E-state index contributed by atoms with van der Waals surface area (Å²) in [6.07, 6.45) is 4.09. The zero-order valence-electron chi connectivity index (χ0n) is 8.05. The molecule has 3 nitrogen and oxygen atoms in total. The highest BCUT2D eigenvalue weighted by Crippen LogP contribution is 2.17. The summed E-state index contributed by atoms with van der Waals surface area (Å²) in [6, 6.07) is 6.22. The molecule has 0 aliphatic rings. The van der Waals surface area contributed by atoms with Crippen LogP contribution in [0.5, 0.6) is 0 Å². The molecule has 1 aromatic carbocycles. The summed E-state index contributed by atoms with van der Waals surface area (Å²) in [4.78, 5) is 3.85. The summed E-state index contributed by atoms with van der Waals surface area (Å²) in [5.41, 5.74) is 0.311. The molecule has 15 heavy (non-hydrogen) atoms. The Hall–Kier alpha value is -1.68. The predicted octanol–water partition coefficient (Wildman–Crippen LogP) is 1.76. The van der Waals surface area contributed by atoms with Crippen molar-refractivity contribution in [2.45, 2.75) is 12.6 Å². The van der Waals surface area contributed by atoms with Gasteiger partial charge in [0.2, 0.25) is 0 Å². The molecule has 0 fully saturated rings. The van der Waals surface area contributed by atoms with Crippen LogP contribution in [0.3, 0.4) is 0 Å². The Bertz CT molecular complexity index is 428. The van der Waals surface area contributed by atoms with Gasteiger partial charge in [-0.05, 0) is 6.07 Å². The van der Waals surface area contributed by atoms with Gasteiger partial charge in [0, 0.05) is 18.0 Å². The number of benzene rings is 1. The van der Waals surface area contributed by atoms with Crippen LogP contribution < -0.4 is 0 Å². The Balaban J connectivity index is 2.15. The van der Waals surface area contributed by atoms with Crippen molar-refractivity contribution in [3.8, 4) is 0 Å². The van der Waals surface area contributed by atoms with E-state index >= 15 is 0 Å². The van der Waals surface area contributed by atoms with Crippen molar-refractivity contribution in [2.24, 2.45) is 0 Å². The van der Waals surface area contributed by atoms with E-state index in [9.17, 15) is 9.50 Å². The fourth-order valence-corrected chi connectivity index (χ4v) is 1.44. The topological polar surface area (TPSA) is 38.0 Å². The predicted molar refractivity (Wildman–Crippen MR) is 53.6 cm³/mol. The van der Waals surface area contributed by atoms with Gasteiger partial charge < -0.3 is 9.67 Å². The van der Waals surface area contributed by atoms with E-state index < -0.39 is 6.10 Å². The zero-order chi connectivity index (χ0) is 10.7. The Labute approximate surface area is 86.8 Å². The van der Waals surface area contributed by atoms with Crippen molar-refractivity contribution in [1.82, 2.24) is 9.55 Å². The summed E-state index contributed by atoms with van der Waals surface area (Å²) < 4.78 is 15.0. The summed E-state index contributed by atoms with van der Waals surface area (Å²) in [5.74, 6) is -0.384. The van der Waals surface area contributed by atoms with Crippen LogP contribution in [-0.4, -0.2) is 14.7 Å². The maximum absolute atomic E-state index is 13.3. The van der Waals surface area contributed by atoms with Crippen molar-refractivity contribution in [3.63, 3.8) is 0 Å². The molecule has 1 unspecified atom stereocenters. The Kier molecular flexibility index (Phi) is 2.78. The van der Waals surface area contributed by atoms with Gasteiger partial charge in [-0.25, -0.2) is 9.37 Å². The van der Waals surface area contributed by atoms with Gasteiger partial charge in [0.1, 0.15) is 5.82 Å². The number of nitrogens with zero attached hydrogens (tertiary/aromatic N) is 2. The quantitative estimate of drug-likeness (QED) is 0.830. The molecule has 4 heteroatoms. The van der Waals surface area contributed by atoms with Crippen LogP contribution >= 0.6 is 0 Å². The Morgan fingerprint density at radius 1 is 1.40 bits per heavy atom. The smallest absolute Gasteiger partial charge is 0.129 e. The molecule has 0 amide bonds. The molecule has 1 N–H and O–H groups in total. The largest absolute Gasteiger partial charge is 0.386 e. The standard InChI is InChI=1S/C11H11FN2O/c12-10-4-2-1-3-9(10)11(15)7-14-6-5-13-8-14/h1-6,8,11,15H,7H2. The third-order valence-corrected chi connectivity index (χ3v) is 2.21. The van der Waals surface area contributed by atoms with E-state index in [0.717, 1.165) is 0 Å². The van der Waals surface area contributed by atoms with Gasteiger partial charge in [0.25, 0.3) is 0 Å². The lowest BCUT2D eigenvalue weighted by molar-refractivity contribution is 0.152. The second-order valence-electron chi connectivity index (χ2n) is 3.30. The lowest BCUT2D eigenvalue weighted by atomic mass is 10.1. The highest BCUT2D eigenvalue weighted by Gasteiger charge is 2.11. The van der Waals surface area contributed by atoms with E-state index in [2.05, 4.69) is 4.98 Å². The van der Waals surface area contributed by atoms with Crippen LogP contribution in [0.4, 0.5) is 4.39 Å². The number of aliphatic hydroxyl groups excluding tert-OH is 1. The van der Waals surface area contributed by atoms with Gasteiger partial charge in [-0.15, -0.1) is 0 Å². The molecule has 0 aliphatic heterocycles. The van der Waals surface area contributed by atoms with E-state index in [1.807, 2.05) is 0 Å². The molecule has 0 radical (unpaired) electrons. The van der Waals surface area contributed by atoms with Gasteiger partial charge >= 0.3 is 0 Å². The van der Waals surface area contributed by atoms with Crippen molar-refractivity contribution in [3.05, 3.63) is 54.4 Å². The van der Waals surface area contributed by atoms with Gasteiger partial charge in [-0.3, -0.25) is 0 Å². The summed E-state index contributed by atoms with van der Waals surface area (Å²) in [6.45, 7) is 0.306. The minimum Gasteiger partial charge on any atom is -0.386 e. The van der Waals surface area contributed by atoms with E-state index in [-0.39, 0.29) is 5.82 Å². The maximum atomic E-state index is 13.3. The number of halogens is 1. The molecule has 2 aromatic rings. The first-order valence-corrected chi connectivity index (χ1v) is 4.65. The molecule has 0 saturated heterocycles. The number of hydrogen-bond acceptors (Lipinski definition) is 2. The number of aliphatic hydroxyl groups is 1. The first-order chi connectivity index (χ1) is 7.27. The van der Waals surface area contributed by atoms with E-state index in [0.29, 0.717) is 12.1 Å². The van der Waals surface area contributed by atoms with Crippen LogP contribution in [0.1, 0.15) is 11.7 Å². The molecule has 0 bridgehead atoms. The van der Waals surface area contributed by atoms with Gasteiger partial charge in [0.15, 0.2) is 0 Å². The monoisotopic (exact) mass is 206 g/mol. The number of imidazole rings is 1. The van der Waals surface area contributed by atoms with Crippen LogP contribution in [0.15, 0.2) is 43.0 Å². The average Bonchev–Trinajstić information content (AvgIpc) is 2.71. The third kappa shape index (κ3) is 2.22. The summed E-state index contributed by atoms with van der Waals surface area (Å²) in [7, 11) is 0. The normalized spacial score (nSPS) is 12.7. The molecule has 78 valence electrons. The molecule has 1 heterocycles. The molecule has 0 saturated carbocycles. The van der Waals surface area contributed by atoms with Crippen LogP contribution in [0.25, 0.3) is 0 Å². The van der Waals surface area contributed by atoms with Crippen LogP contribution in [0.2, 0.25) is 0 Å². The van der Waals surface area contributed by atoms with Gasteiger partial charge in [0.05, 0.1) is 19.0 Å². The lowest BCUT2D eigenvalue weighted by Crippen LogP contribution is -2.08. The first kappa shape index (κ1) is 9.86. The minimum atomic E-state index is -0.847. The molecule has 1 atom stereocenters. The Morgan fingerprint density at radius 3 is 2.87 bits per heavy atom. The SMILES string of the molecule is OC(Cn1ccnc1)c1ccccc1F. The molecular weight excluding hydrogens is 195 g/mol. The first-order valence-electron chi connectivity index (χ1n) is 4.65. The lowest BCUT2D eigenvalue weighted by Gasteiger charge is -2.12. The van der Waals surface area contributed by atoms with Crippen molar-refractivity contribution < 1.29 is 9.50 Å². The second-order valence-corrected chi connectivity index (χ2v) is 3.30. The number of aromatic nitrogens is 2. The molecular formula is C11H11FN2O. The minimum absolute atomic E-state index is 0.306. The molecule has 0 aliphatic carbocycles. The fourth-order valence-electron chi connectivity index (χ4n) is 1.44. The highest BCUT2D eigenvalue weighted by atomic mass is 19.1. The van der Waals surface area contributed by atoms with Crippen LogP contribution in [-0.2, 0) is 6.54 Å². The van der Waals surface area contributed by atoms with E-state index in [1.165, 1.54) is 6.07 Å². The van der Waals surface area contributed by atoms with Crippen molar-refractivity contribution in [1.29, 1.82) is 0 Å². The van der Waals surface area contributed by atoms with Gasteiger partial charge in [-0.2, -0.15) is 0 Å². The fraction of sp³-hybridized carbons (Fsp3) is 0.182.